The average molecular weight is 342 g/mol. The molecule has 130 valence electrons. The number of Topliss-reactive ketones (excluding diaryl/α,β-unsaturated/α-hetero) is 1. The molecule has 0 radical (unpaired) electrons. The zero-order chi connectivity index (χ0) is 17.5. The predicted molar refractivity (Wildman–Crippen MR) is 89.5 cm³/mol. The van der Waals surface area contributed by atoms with Gasteiger partial charge in [0, 0.05) is 25.9 Å². The molecule has 0 saturated heterocycles. The fourth-order valence-corrected chi connectivity index (χ4v) is 4.49. The lowest BCUT2D eigenvalue weighted by molar-refractivity contribution is -0.196. The summed E-state index contributed by atoms with van der Waals surface area (Å²) in [5.74, 6) is -0.833. The maximum Gasteiger partial charge on any atom is 0.313 e. The number of fused-ring (bicyclic) bond motifs is 2. The number of carbonyl (C=O) groups is 2. The third-order valence-corrected chi connectivity index (χ3v) is 5.39. The molecule has 2 bridgehead atoms. The van der Waals surface area contributed by atoms with E-state index in [2.05, 4.69) is 0 Å². The van der Waals surface area contributed by atoms with Crippen molar-refractivity contribution in [3.8, 4) is 0 Å². The molecule has 3 aliphatic rings. The number of thioether (sulfide) groups is 1. The summed E-state index contributed by atoms with van der Waals surface area (Å²) in [6.45, 7) is 5.45. The Morgan fingerprint density at radius 1 is 1.35 bits per heavy atom. The summed E-state index contributed by atoms with van der Waals surface area (Å²) in [5, 5.41) is 0. The molecule has 0 aromatic rings. The number of ketones is 1. The van der Waals surface area contributed by atoms with Gasteiger partial charge in [-0.25, -0.2) is 0 Å². The summed E-state index contributed by atoms with van der Waals surface area (Å²) in [7, 11) is 3.01. The molecular formula is C17H26O5S. The third kappa shape index (κ3) is 2.85. The standard InChI is InChI=1S/C17H26O5S/c1-15(2,3)22-13(18)12-9-11-7-8-16(12,20-4)14(19)17(11,21-5)10-23-6/h7-8,11-12H,9-10H2,1-6H3/t11-,12-,16-,17+/m1/s1. The first-order chi connectivity index (χ1) is 10.7. The van der Waals surface area contributed by atoms with Gasteiger partial charge in [0.25, 0.3) is 0 Å². The quantitative estimate of drug-likeness (QED) is 0.564. The number of hydrogen-bond donors (Lipinski definition) is 0. The number of hydrogen-bond acceptors (Lipinski definition) is 6. The van der Waals surface area contributed by atoms with Crippen LogP contribution < -0.4 is 0 Å². The SMILES string of the molecule is CO[C@]12C=C[C@H](C[C@@H]1C(=O)OC(C)(C)C)[C@](CSC)(OC)C2=O. The van der Waals surface area contributed by atoms with E-state index in [4.69, 9.17) is 14.2 Å². The summed E-state index contributed by atoms with van der Waals surface area (Å²) < 4.78 is 16.8. The molecule has 0 aromatic carbocycles. The summed E-state index contributed by atoms with van der Waals surface area (Å²) in [4.78, 5) is 25.9. The topological polar surface area (TPSA) is 61.8 Å². The van der Waals surface area contributed by atoms with Crippen molar-refractivity contribution in [1.29, 1.82) is 0 Å². The van der Waals surface area contributed by atoms with Crippen LogP contribution in [0.2, 0.25) is 0 Å². The van der Waals surface area contributed by atoms with Gasteiger partial charge >= 0.3 is 5.97 Å². The van der Waals surface area contributed by atoms with Crippen LogP contribution in [0.1, 0.15) is 27.2 Å². The second kappa shape index (κ2) is 6.22. The zero-order valence-corrected chi connectivity index (χ0v) is 15.5. The van der Waals surface area contributed by atoms with E-state index in [0.717, 1.165) is 0 Å². The van der Waals surface area contributed by atoms with E-state index in [0.29, 0.717) is 12.2 Å². The van der Waals surface area contributed by atoms with Crippen LogP contribution in [0.3, 0.4) is 0 Å². The van der Waals surface area contributed by atoms with Gasteiger partial charge in [-0.05, 0) is 39.5 Å². The first-order valence-electron chi connectivity index (χ1n) is 7.73. The molecule has 0 amide bonds. The van der Waals surface area contributed by atoms with Crippen LogP contribution in [0.4, 0.5) is 0 Å². The highest BCUT2D eigenvalue weighted by atomic mass is 32.2. The van der Waals surface area contributed by atoms with Gasteiger partial charge in [-0.2, -0.15) is 11.8 Å². The Labute approximate surface area is 142 Å². The maximum absolute atomic E-state index is 13.2. The van der Waals surface area contributed by atoms with Gasteiger partial charge in [-0.1, -0.05) is 6.08 Å². The van der Waals surface area contributed by atoms with Crippen LogP contribution in [0.15, 0.2) is 12.2 Å². The fourth-order valence-electron chi connectivity index (χ4n) is 3.60. The van der Waals surface area contributed by atoms with E-state index in [9.17, 15) is 9.59 Å². The molecule has 23 heavy (non-hydrogen) atoms. The Morgan fingerprint density at radius 2 is 2.00 bits per heavy atom. The summed E-state index contributed by atoms with van der Waals surface area (Å²) in [6, 6.07) is 0. The molecule has 1 fully saturated rings. The zero-order valence-electron chi connectivity index (χ0n) is 14.7. The van der Waals surface area contributed by atoms with Gasteiger partial charge in [0.15, 0.2) is 5.60 Å². The van der Waals surface area contributed by atoms with E-state index in [1.54, 1.807) is 24.9 Å². The van der Waals surface area contributed by atoms with E-state index < -0.39 is 28.7 Å². The molecule has 3 aliphatic carbocycles. The van der Waals surface area contributed by atoms with E-state index >= 15 is 0 Å². The molecule has 0 spiro atoms. The van der Waals surface area contributed by atoms with Gasteiger partial charge < -0.3 is 14.2 Å². The minimum absolute atomic E-state index is 0.151. The van der Waals surface area contributed by atoms with Gasteiger partial charge in [-0.3, -0.25) is 9.59 Å². The van der Waals surface area contributed by atoms with Gasteiger partial charge in [0.1, 0.15) is 11.2 Å². The highest BCUT2D eigenvalue weighted by Gasteiger charge is 2.66. The van der Waals surface area contributed by atoms with E-state index in [1.165, 1.54) is 7.11 Å². The van der Waals surface area contributed by atoms with Crippen molar-refractivity contribution >= 4 is 23.5 Å². The monoisotopic (exact) mass is 342 g/mol. The van der Waals surface area contributed by atoms with Crippen LogP contribution >= 0.6 is 11.8 Å². The molecule has 0 unspecified atom stereocenters. The molecule has 0 N–H and O–H groups in total. The van der Waals surface area contributed by atoms with Crippen LogP contribution in [0, 0.1) is 11.8 Å². The summed E-state index contributed by atoms with van der Waals surface area (Å²) >= 11 is 1.55. The van der Waals surface area contributed by atoms with E-state index in [1.807, 2.05) is 33.1 Å². The van der Waals surface area contributed by atoms with Crippen molar-refractivity contribution in [2.24, 2.45) is 11.8 Å². The Bertz CT molecular complexity index is 524. The summed E-state index contributed by atoms with van der Waals surface area (Å²) in [6.07, 6.45) is 6.09. The minimum Gasteiger partial charge on any atom is -0.460 e. The highest BCUT2D eigenvalue weighted by Crippen LogP contribution is 2.51. The van der Waals surface area contributed by atoms with Crippen molar-refractivity contribution in [3.05, 3.63) is 12.2 Å². The Hall–Kier alpha value is -0.850. The first kappa shape index (κ1) is 18.5. The van der Waals surface area contributed by atoms with Crippen molar-refractivity contribution in [2.75, 3.05) is 26.2 Å². The molecule has 5 nitrogen and oxygen atoms in total. The van der Waals surface area contributed by atoms with Crippen LogP contribution in [-0.4, -0.2) is 54.8 Å². The van der Waals surface area contributed by atoms with Crippen LogP contribution in [0.25, 0.3) is 0 Å². The third-order valence-electron chi connectivity index (χ3n) is 4.67. The molecule has 1 saturated carbocycles. The lowest BCUT2D eigenvalue weighted by Gasteiger charge is -2.53. The molecular weight excluding hydrogens is 316 g/mol. The Morgan fingerprint density at radius 3 is 2.48 bits per heavy atom. The van der Waals surface area contributed by atoms with Gasteiger partial charge in [0.05, 0.1) is 5.92 Å². The first-order valence-corrected chi connectivity index (χ1v) is 9.12. The number of esters is 1. The molecule has 6 heteroatoms. The number of carbonyl (C=O) groups excluding carboxylic acids is 2. The van der Waals surface area contributed by atoms with Crippen molar-refractivity contribution in [1.82, 2.24) is 0 Å². The highest BCUT2D eigenvalue weighted by molar-refractivity contribution is 7.98. The molecule has 0 heterocycles. The Balaban J connectivity index is 2.42. The van der Waals surface area contributed by atoms with E-state index in [-0.39, 0.29) is 11.7 Å². The van der Waals surface area contributed by atoms with Crippen molar-refractivity contribution in [3.63, 3.8) is 0 Å². The number of ether oxygens (including phenoxy) is 3. The maximum atomic E-state index is 13.2. The Kier molecular flexibility index (Phi) is 5.00. The largest absolute Gasteiger partial charge is 0.460 e. The smallest absolute Gasteiger partial charge is 0.313 e. The lowest BCUT2D eigenvalue weighted by Crippen LogP contribution is -2.70. The molecule has 4 atom stereocenters. The summed E-state index contributed by atoms with van der Waals surface area (Å²) in [5.41, 5.74) is -2.85. The van der Waals surface area contributed by atoms with Gasteiger partial charge in [-0.15, -0.1) is 0 Å². The predicted octanol–water partition coefficient (Wildman–Crippen LogP) is 2.24. The normalized spacial score (nSPS) is 36.3. The number of rotatable bonds is 5. The van der Waals surface area contributed by atoms with Crippen LogP contribution in [-0.2, 0) is 23.8 Å². The fraction of sp³-hybridized carbons (Fsp3) is 0.765. The molecule has 0 aromatic heterocycles. The van der Waals surface area contributed by atoms with Crippen molar-refractivity contribution in [2.45, 2.75) is 44.0 Å². The minimum atomic E-state index is -1.30. The second-order valence-electron chi connectivity index (χ2n) is 7.14. The lowest BCUT2D eigenvalue weighted by atomic mass is 9.58. The average Bonchev–Trinajstić information content (AvgIpc) is 2.49. The molecule has 3 rings (SSSR count). The van der Waals surface area contributed by atoms with Crippen molar-refractivity contribution < 1.29 is 23.8 Å². The number of methoxy groups -OCH3 is 2. The van der Waals surface area contributed by atoms with Gasteiger partial charge in [0.2, 0.25) is 5.78 Å². The van der Waals surface area contributed by atoms with Crippen LogP contribution in [0.5, 0.6) is 0 Å². The second-order valence-corrected chi connectivity index (χ2v) is 8.01. The molecule has 0 aliphatic heterocycles.